The molecule has 4 heteroatoms. The number of carbonyl (C=O) groups excluding carboxylic acids is 1. The predicted molar refractivity (Wildman–Crippen MR) is 111 cm³/mol. The Morgan fingerprint density at radius 3 is 2.07 bits per heavy atom. The van der Waals surface area contributed by atoms with E-state index in [0.29, 0.717) is 18.3 Å². The summed E-state index contributed by atoms with van der Waals surface area (Å²) in [4.78, 5) is 12.3. The molecule has 0 heterocycles. The van der Waals surface area contributed by atoms with Crippen molar-refractivity contribution >= 4 is 11.6 Å². The van der Waals surface area contributed by atoms with Crippen LogP contribution in [0, 0.1) is 17.2 Å². The van der Waals surface area contributed by atoms with E-state index in [2.05, 4.69) is 68.7 Å². The van der Waals surface area contributed by atoms with E-state index in [-0.39, 0.29) is 18.5 Å². The first-order chi connectivity index (χ1) is 12.9. The Morgan fingerprint density at radius 1 is 0.963 bits per heavy atom. The first-order valence-electron chi connectivity index (χ1n) is 9.49. The standard InChI is InChI=1S/C23H29N3O/c1-16(2)19-7-9-20(10-8-19)23(17(3)4)25-15-22(27)26-21-11-5-18(6-12-21)13-14-24/h5-12,16-17,23,25H,13,15H2,1-4H3,(H,26,27)/t23-/m0/s1. The van der Waals surface area contributed by atoms with Gasteiger partial charge in [-0.3, -0.25) is 4.79 Å². The molecule has 1 atom stereocenters. The van der Waals surface area contributed by atoms with Crippen LogP contribution in [0.4, 0.5) is 5.69 Å². The lowest BCUT2D eigenvalue weighted by Gasteiger charge is -2.23. The fraction of sp³-hybridized carbons (Fsp3) is 0.391. The van der Waals surface area contributed by atoms with Crippen molar-refractivity contribution in [1.29, 1.82) is 5.26 Å². The van der Waals surface area contributed by atoms with E-state index in [1.54, 1.807) is 0 Å². The molecule has 0 saturated carbocycles. The first-order valence-corrected chi connectivity index (χ1v) is 9.49. The molecule has 0 unspecified atom stereocenters. The number of amides is 1. The van der Waals surface area contributed by atoms with Gasteiger partial charge in [0.05, 0.1) is 19.0 Å². The molecule has 2 rings (SSSR count). The van der Waals surface area contributed by atoms with E-state index < -0.39 is 0 Å². The number of nitrogens with one attached hydrogen (secondary N) is 2. The maximum atomic E-state index is 12.3. The van der Waals surface area contributed by atoms with Gasteiger partial charge in [0.25, 0.3) is 0 Å². The number of nitrogens with zero attached hydrogens (tertiary/aromatic N) is 1. The van der Waals surface area contributed by atoms with E-state index >= 15 is 0 Å². The summed E-state index contributed by atoms with van der Waals surface area (Å²) >= 11 is 0. The van der Waals surface area contributed by atoms with Crippen LogP contribution in [0.2, 0.25) is 0 Å². The van der Waals surface area contributed by atoms with Crippen LogP contribution in [0.15, 0.2) is 48.5 Å². The van der Waals surface area contributed by atoms with Gasteiger partial charge in [-0.25, -0.2) is 0 Å². The summed E-state index contributed by atoms with van der Waals surface area (Å²) in [5, 5.41) is 15.0. The molecule has 142 valence electrons. The molecule has 0 saturated heterocycles. The lowest BCUT2D eigenvalue weighted by atomic mass is 9.93. The predicted octanol–water partition coefficient (Wildman–Crippen LogP) is 4.80. The molecule has 0 aliphatic heterocycles. The van der Waals surface area contributed by atoms with Gasteiger partial charge in [0.2, 0.25) is 5.91 Å². The van der Waals surface area contributed by atoms with Gasteiger partial charge >= 0.3 is 0 Å². The van der Waals surface area contributed by atoms with Crippen molar-refractivity contribution in [3.63, 3.8) is 0 Å². The number of benzene rings is 2. The van der Waals surface area contributed by atoms with Crippen molar-refractivity contribution in [2.75, 3.05) is 11.9 Å². The highest BCUT2D eigenvalue weighted by atomic mass is 16.1. The molecule has 0 bridgehead atoms. The van der Waals surface area contributed by atoms with Crippen LogP contribution >= 0.6 is 0 Å². The minimum absolute atomic E-state index is 0.0764. The Kier molecular flexibility index (Phi) is 7.57. The van der Waals surface area contributed by atoms with Crippen molar-refractivity contribution in [3.8, 4) is 6.07 Å². The zero-order valence-electron chi connectivity index (χ0n) is 16.6. The number of anilines is 1. The maximum Gasteiger partial charge on any atom is 0.238 e. The summed E-state index contributed by atoms with van der Waals surface area (Å²) < 4.78 is 0. The average Bonchev–Trinajstić information content (AvgIpc) is 2.64. The zero-order chi connectivity index (χ0) is 19.8. The van der Waals surface area contributed by atoms with Gasteiger partial charge in [-0.2, -0.15) is 5.26 Å². The summed E-state index contributed by atoms with van der Waals surface area (Å²) in [5.41, 5.74) is 4.20. The second kappa shape index (κ2) is 9.89. The van der Waals surface area contributed by atoms with Crippen molar-refractivity contribution in [1.82, 2.24) is 5.32 Å². The number of hydrogen-bond acceptors (Lipinski definition) is 3. The molecule has 0 fully saturated rings. The van der Waals surface area contributed by atoms with E-state index in [9.17, 15) is 4.79 Å². The Morgan fingerprint density at radius 2 is 1.56 bits per heavy atom. The zero-order valence-corrected chi connectivity index (χ0v) is 16.6. The van der Waals surface area contributed by atoms with E-state index in [4.69, 9.17) is 5.26 Å². The van der Waals surface area contributed by atoms with Gasteiger partial charge < -0.3 is 10.6 Å². The molecule has 0 spiro atoms. The van der Waals surface area contributed by atoms with Crippen LogP contribution < -0.4 is 10.6 Å². The Labute approximate surface area is 162 Å². The third-order valence-electron chi connectivity index (χ3n) is 4.63. The van der Waals surface area contributed by atoms with Gasteiger partial charge in [0, 0.05) is 11.7 Å². The molecule has 2 N–H and O–H groups in total. The second-order valence-corrected chi connectivity index (χ2v) is 7.50. The van der Waals surface area contributed by atoms with Gasteiger partial charge in [0.1, 0.15) is 0 Å². The summed E-state index contributed by atoms with van der Waals surface area (Å²) in [6.07, 6.45) is 0.376. The molecular weight excluding hydrogens is 334 g/mol. The van der Waals surface area contributed by atoms with Crippen LogP contribution in [0.1, 0.15) is 56.3 Å². The molecular formula is C23H29N3O. The first kappa shape index (κ1) is 20.7. The number of rotatable bonds is 8. The monoisotopic (exact) mass is 363 g/mol. The third kappa shape index (κ3) is 6.23. The molecule has 2 aromatic rings. The highest BCUT2D eigenvalue weighted by Gasteiger charge is 2.17. The molecule has 2 aromatic carbocycles. The minimum Gasteiger partial charge on any atom is -0.325 e. The Hall–Kier alpha value is -2.64. The smallest absolute Gasteiger partial charge is 0.238 e. The van der Waals surface area contributed by atoms with Crippen LogP contribution in [0.3, 0.4) is 0 Å². The minimum atomic E-state index is -0.0764. The Balaban J connectivity index is 1.94. The van der Waals surface area contributed by atoms with Crippen molar-refractivity contribution in [3.05, 3.63) is 65.2 Å². The maximum absolute atomic E-state index is 12.3. The van der Waals surface area contributed by atoms with E-state index in [1.165, 1.54) is 11.1 Å². The van der Waals surface area contributed by atoms with Crippen molar-refractivity contribution in [2.24, 2.45) is 5.92 Å². The van der Waals surface area contributed by atoms with Crippen molar-refractivity contribution < 1.29 is 4.79 Å². The topological polar surface area (TPSA) is 64.9 Å². The molecule has 0 aliphatic rings. The number of carbonyl (C=O) groups is 1. The van der Waals surface area contributed by atoms with Crippen LogP contribution in [0.25, 0.3) is 0 Å². The molecule has 0 aromatic heterocycles. The van der Waals surface area contributed by atoms with Crippen LogP contribution in [-0.2, 0) is 11.2 Å². The summed E-state index contributed by atoms with van der Waals surface area (Å²) in [6.45, 7) is 8.92. The van der Waals surface area contributed by atoms with Crippen molar-refractivity contribution in [2.45, 2.75) is 46.1 Å². The highest BCUT2D eigenvalue weighted by Crippen LogP contribution is 2.24. The third-order valence-corrected chi connectivity index (χ3v) is 4.63. The molecule has 1 amide bonds. The fourth-order valence-electron chi connectivity index (χ4n) is 3.03. The lowest BCUT2D eigenvalue weighted by molar-refractivity contribution is -0.115. The highest BCUT2D eigenvalue weighted by molar-refractivity contribution is 5.92. The fourth-order valence-corrected chi connectivity index (χ4v) is 3.03. The quantitative estimate of drug-likeness (QED) is 0.708. The largest absolute Gasteiger partial charge is 0.325 e. The molecule has 4 nitrogen and oxygen atoms in total. The normalized spacial score (nSPS) is 12.0. The van der Waals surface area contributed by atoms with Gasteiger partial charge in [-0.15, -0.1) is 0 Å². The molecule has 0 radical (unpaired) electrons. The van der Waals surface area contributed by atoms with Crippen LogP contribution in [-0.4, -0.2) is 12.5 Å². The van der Waals surface area contributed by atoms with Crippen LogP contribution in [0.5, 0.6) is 0 Å². The van der Waals surface area contributed by atoms with Gasteiger partial charge in [-0.05, 0) is 40.7 Å². The number of hydrogen-bond donors (Lipinski definition) is 2. The van der Waals surface area contributed by atoms with E-state index in [1.807, 2.05) is 24.3 Å². The summed E-state index contributed by atoms with van der Waals surface area (Å²) in [5.74, 6) is 0.801. The second-order valence-electron chi connectivity index (χ2n) is 7.50. The van der Waals surface area contributed by atoms with Gasteiger partial charge in [-0.1, -0.05) is 64.1 Å². The SMILES string of the molecule is CC(C)c1ccc([C@@H](NCC(=O)Nc2ccc(CC#N)cc2)C(C)C)cc1. The summed E-state index contributed by atoms with van der Waals surface area (Å²) in [6, 6.07) is 18.3. The summed E-state index contributed by atoms with van der Waals surface area (Å²) in [7, 11) is 0. The Bertz CT molecular complexity index is 771. The van der Waals surface area contributed by atoms with Gasteiger partial charge in [0.15, 0.2) is 0 Å². The van der Waals surface area contributed by atoms with E-state index in [0.717, 1.165) is 11.3 Å². The molecule has 27 heavy (non-hydrogen) atoms. The molecule has 0 aliphatic carbocycles. The number of nitriles is 1. The lowest BCUT2D eigenvalue weighted by Crippen LogP contribution is -2.33. The average molecular weight is 364 g/mol.